The third-order valence-electron chi connectivity index (χ3n) is 2.39. The monoisotopic (exact) mass is 126 g/mol. The van der Waals surface area contributed by atoms with E-state index in [-0.39, 0.29) is 6.10 Å². The van der Waals surface area contributed by atoms with E-state index < -0.39 is 0 Å². The Morgan fingerprint density at radius 2 is 1.78 bits per heavy atom. The average Bonchev–Trinajstić information content (AvgIpc) is 1.90. The lowest BCUT2D eigenvalue weighted by Crippen LogP contribution is -2.17. The molecule has 0 bridgehead atoms. The molecule has 0 radical (unpaired) electrons. The molecule has 0 aromatic carbocycles. The first kappa shape index (κ1) is 7.14. The van der Waals surface area contributed by atoms with Crippen molar-refractivity contribution in [3.05, 3.63) is 0 Å². The lowest BCUT2D eigenvalue weighted by Gasteiger charge is -2.23. The fraction of sp³-hybridized carbons (Fsp3) is 1.00. The van der Waals surface area contributed by atoms with Crippen molar-refractivity contribution in [1.29, 1.82) is 0 Å². The predicted molar refractivity (Wildman–Crippen MR) is 41.2 cm³/mol. The van der Waals surface area contributed by atoms with E-state index in [1.54, 1.807) is 0 Å². The molecule has 52 valence electrons. The molecule has 2 heteroatoms. The van der Waals surface area contributed by atoms with Crippen LogP contribution in [0, 0.1) is 0 Å². The SMILES string of the molecule is CBC1CCC(O)CC1. The van der Waals surface area contributed by atoms with Crippen molar-refractivity contribution in [3.63, 3.8) is 0 Å². The van der Waals surface area contributed by atoms with Gasteiger partial charge in [0.05, 0.1) is 6.10 Å². The van der Waals surface area contributed by atoms with Crippen molar-refractivity contribution in [1.82, 2.24) is 0 Å². The average molecular weight is 126 g/mol. The van der Waals surface area contributed by atoms with Gasteiger partial charge < -0.3 is 5.11 Å². The Balaban J connectivity index is 2.18. The zero-order valence-corrected chi connectivity index (χ0v) is 6.14. The Hall–Kier alpha value is 0.0249. The molecule has 0 spiro atoms. The van der Waals surface area contributed by atoms with Gasteiger partial charge in [0, 0.05) is 0 Å². The van der Waals surface area contributed by atoms with Crippen LogP contribution in [0.3, 0.4) is 0 Å². The highest BCUT2D eigenvalue weighted by Crippen LogP contribution is 2.27. The second kappa shape index (κ2) is 3.26. The molecule has 1 fully saturated rings. The first-order valence-electron chi connectivity index (χ1n) is 4.01. The van der Waals surface area contributed by atoms with Crippen LogP contribution in [0.1, 0.15) is 25.7 Å². The largest absolute Gasteiger partial charge is 0.393 e. The van der Waals surface area contributed by atoms with E-state index in [1.807, 2.05) is 0 Å². The van der Waals surface area contributed by atoms with E-state index in [9.17, 15) is 0 Å². The lowest BCUT2D eigenvalue weighted by atomic mass is 9.61. The Kier molecular flexibility index (Phi) is 2.58. The molecule has 0 saturated heterocycles. The summed E-state index contributed by atoms with van der Waals surface area (Å²) >= 11 is 0. The molecule has 1 aliphatic rings. The third kappa shape index (κ3) is 2.01. The van der Waals surface area contributed by atoms with Gasteiger partial charge in [-0.15, -0.1) is 0 Å². The van der Waals surface area contributed by atoms with Crippen LogP contribution in [0.4, 0.5) is 0 Å². The molecule has 0 aliphatic heterocycles. The number of hydrogen-bond acceptors (Lipinski definition) is 1. The quantitative estimate of drug-likeness (QED) is 0.523. The van der Waals surface area contributed by atoms with Gasteiger partial charge in [-0.2, -0.15) is 0 Å². The Morgan fingerprint density at radius 1 is 1.22 bits per heavy atom. The number of hydrogen-bond donors (Lipinski definition) is 1. The molecule has 0 aromatic heterocycles. The molecule has 1 N–H and O–H groups in total. The molecule has 9 heavy (non-hydrogen) atoms. The van der Waals surface area contributed by atoms with Gasteiger partial charge in [-0.1, -0.05) is 25.5 Å². The summed E-state index contributed by atoms with van der Waals surface area (Å²) in [7, 11) is 1.30. The van der Waals surface area contributed by atoms with E-state index in [0.717, 1.165) is 18.7 Å². The van der Waals surface area contributed by atoms with Crippen molar-refractivity contribution in [2.24, 2.45) is 0 Å². The minimum atomic E-state index is 0.0211. The molecular weight excluding hydrogens is 111 g/mol. The fourth-order valence-electron chi connectivity index (χ4n) is 1.55. The first-order chi connectivity index (χ1) is 4.33. The van der Waals surface area contributed by atoms with Gasteiger partial charge in [-0.05, 0) is 12.8 Å². The van der Waals surface area contributed by atoms with E-state index in [0.29, 0.717) is 0 Å². The highest BCUT2D eigenvalue weighted by atomic mass is 16.3. The van der Waals surface area contributed by atoms with Gasteiger partial charge in [0.25, 0.3) is 0 Å². The summed E-state index contributed by atoms with van der Waals surface area (Å²) in [6.07, 6.45) is 4.60. The molecule has 1 aliphatic carbocycles. The van der Waals surface area contributed by atoms with Crippen molar-refractivity contribution < 1.29 is 5.11 Å². The minimum Gasteiger partial charge on any atom is -0.393 e. The van der Waals surface area contributed by atoms with Crippen LogP contribution in [-0.2, 0) is 0 Å². The third-order valence-corrected chi connectivity index (χ3v) is 2.39. The summed E-state index contributed by atoms with van der Waals surface area (Å²) < 4.78 is 0. The molecule has 1 nitrogen and oxygen atoms in total. The van der Waals surface area contributed by atoms with Crippen LogP contribution in [-0.4, -0.2) is 18.5 Å². The normalized spacial score (nSPS) is 36.2. The van der Waals surface area contributed by atoms with Crippen LogP contribution >= 0.6 is 0 Å². The topological polar surface area (TPSA) is 20.2 Å². The molecule has 0 heterocycles. The van der Waals surface area contributed by atoms with Gasteiger partial charge in [-0.3, -0.25) is 0 Å². The van der Waals surface area contributed by atoms with Crippen LogP contribution in [0.15, 0.2) is 0 Å². The zero-order valence-electron chi connectivity index (χ0n) is 6.14. The van der Waals surface area contributed by atoms with E-state index in [4.69, 9.17) is 5.11 Å². The Morgan fingerprint density at radius 3 is 2.22 bits per heavy atom. The first-order valence-corrected chi connectivity index (χ1v) is 4.01. The van der Waals surface area contributed by atoms with Crippen molar-refractivity contribution in [2.45, 2.75) is 44.4 Å². The Bertz CT molecular complexity index is 77.0. The highest BCUT2D eigenvalue weighted by Gasteiger charge is 2.17. The summed E-state index contributed by atoms with van der Waals surface area (Å²) in [5, 5.41) is 9.12. The summed E-state index contributed by atoms with van der Waals surface area (Å²) in [6, 6.07) is 0. The van der Waals surface area contributed by atoms with Gasteiger partial charge >= 0.3 is 0 Å². The van der Waals surface area contributed by atoms with Gasteiger partial charge in [0.1, 0.15) is 7.28 Å². The molecular formula is C7H15BO. The van der Waals surface area contributed by atoms with Crippen LogP contribution in [0.2, 0.25) is 12.6 Å². The fourth-order valence-corrected chi connectivity index (χ4v) is 1.55. The standard InChI is InChI=1S/C7H15BO/c1-8-6-2-4-7(9)5-3-6/h6-9H,2-5H2,1H3. The maximum Gasteiger partial charge on any atom is 0.120 e. The number of aliphatic hydroxyl groups is 1. The maximum absolute atomic E-state index is 9.12. The van der Waals surface area contributed by atoms with Crippen molar-refractivity contribution in [2.75, 3.05) is 0 Å². The van der Waals surface area contributed by atoms with Gasteiger partial charge in [0.15, 0.2) is 0 Å². The minimum absolute atomic E-state index is 0.0211. The maximum atomic E-state index is 9.12. The molecule has 0 atom stereocenters. The van der Waals surface area contributed by atoms with Gasteiger partial charge in [-0.25, -0.2) is 0 Å². The second-order valence-electron chi connectivity index (χ2n) is 3.08. The summed E-state index contributed by atoms with van der Waals surface area (Å²) in [5.74, 6) is 0.911. The molecule has 1 rings (SSSR count). The number of aliphatic hydroxyl groups excluding tert-OH is 1. The second-order valence-corrected chi connectivity index (χ2v) is 3.08. The number of rotatable bonds is 1. The lowest BCUT2D eigenvalue weighted by molar-refractivity contribution is 0.130. The molecule has 1 saturated carbocycles. The smallest absolute Gasteiger partial charge is 0.120 e. The van der Waals surface area contributed by atoms with Crippen LogP contribution in [0.25, 0.3) is 0 Å². The Labute approximate surface area is 57.7 Å². The summed E-state index contributed by atoms with van der Waals surface area (Å²) in [6.45, 7) is 2.24. The molecule has 0 aromatic rings. The van der Waals surface area contributed by atoms with Crippen molar-refractivity contribution >= 4 is 7.28 Å². The molecule has 0 amide bonds. The van der Waals surface area contributed by atoms with Gasteiger partial charge in [0.2, 0.25) is 0 Å². The van der Waals surface area contributed by atoms with Crippen LogP contribution in [0.5, 0.6) is 0 Å². The van der Waals surface area contributed by atoms with Crippen molar-refractivity contribution in [3.8, 4) is 0 Å². The zero-order chi connectivity index (χ0) is 6.69. The summed E-state index contributed by atoms with van der Waals surface area (Å²) in [4.78, 5) is 0. The predicted octanol–water partition coefficient (Wildman–Crippen LogP) is 1.19. The van der Waals surface area contributed by atoms with Crippen LogP contribution < -0.4 is 0 Å². The summed E-state index contributed by atoms with van der Waals surface area (Å²) in [5.41, 5.74) is 0. The van der Waals surface area contributed by atoms with E-state index >= 15 is 0 Å². The van der Waals surface area contributed by atoms with E-state index in [2.05, 4.69) is 6.82 Å². The highest BCUT2D eigenvalue weighted by molar-refractivity contribution is 6.35. The van der Waals surface area contributed by atoms with E-state index in [1.165, 1.54) is 20.1 Å². The molecule has 0 unspecified atom stereocenters.